The molecule has 7 nitrogen and oxygen atoms in total. The van der Waals surface area contributed by atoms with Crippen LogP contribution < -0.4 is 5.56 Å². The van der Waals surface area contributed by atoms with Crippen LogP contribution in [0.4, 0.5) is 0 Å². The first kappa shape index (κ1) is 22.8. The summed E-state index contributed by atoms with van der Waals surface area (Å²) in [6.45, 7) is 11.1. The highest BCUT2D eigenvalue weighted by atomic mass is 35.5. The fraction of sp³-hybridized carbons (Fsp3) is 0.524. The van der Waals surface area contributed by atoms with Crippen molar-refractivity contribution >= 4 is 34.3 Å². The molecule has 0 amide bonds. The van der Waals surface area contributed by atoms with Crippen molar-refractivity contribution in [3.8, 4) is 0 Å². The molecule has 2 heterocycles. The summed E-state index contributed by atoms with van der Waals surface area (Å²) in [6, 6.07) is 5.13. The third-order valence-corrected chi connectivity index (χ3v) is 5.49. The number of fused-ring (bicyclic) bond motifs is 1. The van der Waals surface area contributed by atoms with Crippen LogP contribution in [-0.2, 0) is 22.4 Å². The normalized spacial score (nSPS) is 12.2. The molecule has 162 valence electrons. The van der Waals surface area contributed by atoms with Gasteiger partial charge >= 0.3 is 0 Å². The number of hydrogen-bond acceptors (Lipinski definition) is 7. The molecule has 0 fully saturated rings. The van der Waals surface area contributed by atoms with Crippen molar-refractivity contribution in [3.05, 3.63) is 45.4 Å². The molecule has 0 aliphatic rings. The summed E-state index contributed by atoms with van der Waals surface area (Å²) in [4.78, 5) is 17.8. The first-order valence-electron chi connectivity index (χ1n) is 9.92. The van der Waals surface area contributed by atoms with Gasteiger partial charge in [-0.1, -0.05) is 44.1 Å². The summed E-state index contributed by atoms with van der Waals surface area (Å²) in [7, 11) is 0. The average molecular weight is 451 g/mol. The van der Waals surface area contributed by atoms with Crippen molar-refractivity contribution in [2.75, 3.05) is 6.61 Å². The molecule has 2 aromatic heterocycles. The van der Waals surface area contributed by atoms with Crippen molar-refractivity contribution in [3.63, 3.8) is 0 Å². The zero-order valence-electron chi connectivity index (χ0n) is 17.9. The topological polar surface area (TPSA) is 83.0 Å². The maximum Gasteiger partial charge on any atom is 0.262 e. The third-order valence-electron chi connectivity index (χ3n) is 4.29. The molecule has 1 aromatic carbocycles. The molecule has 0 N–H and O–H groups in total. The highest BCUT2D eigenvalue weighted by Gasteiger charge is 2.22. The van der Waals surface area contributed by atoms with Crippen LogP contribution in [0.25, 0.3) is 10.9 Å². The molecule has 0 bridgehead atoms. The zero-order valence-corrected chi connectivity index (χ0v) is 19.5. The van der Waals surface area contributed by atoms with Crippen LogP contribution in [-0.4, -0.2) is 32.5 Å². The van der Waals surface area contributed by atoms with Gasteiger partial charge in [0.1, 0.15) is 0 Å². The predicted octanol–water partition coefficient (Wildman–Crippen LogP) is 4.84. The van der Waals surface area contributed by atoms with Crippen LogP contribution in [0.1, 0.15) is 52.8 Å². The van der Waals surface area contributed by atoms with Gasteiger partial charge in [-0.3, -0.25) is 9.36 Å². The number of nitrogens with zero attached hydrogens (tertiary/aromatic N) is 4. The minimum absolute atomic E-state index is 0.0929. The Hall–Kier alpha value is -1.90. The number of aromatic nitrogens is 4. The summed E-state index contributed by atoms with van der Waals surface area (Å²) < 4.78 is 13.1. The molecular formula is C21H27ClN4O3S. The largest absolute Gasteiger partial charge is 0.424 e. The van der Waals surface area contributed by atoms with E-state index in [1.165, 1.54) is 11.8 Å². The SMILES string of the molecule is CC(C)OCCCn1c(SCc2nnc(C(C)(C)C)o2)nc2cc(Cl)ccc2c1=O. The molecule has 0 spiro atoms. The Labute approximate surface area is 185 Å². The lowest BCUT2D eigenvalue weighted by molar-refractivity contribution is 0.0743. The van der Waals surface area contributed by atoms with Crippen LogP contribution >= 0.6 is 23.4 Å². The van der Waals surface area contributed by atoms with E-state index in [1.54, 1.807) is 22.8 Å². The summed E-state index contributed by atoms with van der Waals surface area (Å²) in [5.74, 6) is 1.50. The van der Waals surface area contributed by atoms with Crippen molar-refractivity contribution in [2.24, 2.45) is 0 Å². The first-order valence-corrected chi connectivity index (χ1v) is 11.3. The van der Waals surface area contributed by atoms with E-state index >= 15 is 0 Å². The van der Waals surface area contributed by atoms with Gasteiger partial charge in [-0.15, -0.1) is 10.2 Å². The molecule has 0 unspecified atom stereocenters. The highest BCUT2D eigenvalue weighted by Crippen LogP contribution is 2.26. The molecule has 9 heteroatoms. The Balaban J connectivity index is 1.87. The Kier molecular flexibility index (Phi) is 7.21. The maximum absolute atomic E-state index is 13.1. The second kappa shape index (κ2) is 9.49. The average Bonchev–Trinajstić information content (AvgIpc) is 3.14. The molecule has 0 aliphatic heterocycles. The molecule has 0 aliphatic carbocycles. The van der Waals surface area contributed by atoms with Gasteiger partial charge in [0.2, 0.25) is 11.8 Å². The monoisotopic (exact) mass is 450 g/mol. The van der Waals surface area contributed by atoms with Crippen molar-refractivity contribution in [1.82, 2.24) is 19.7 Å². The Bertz CT molecular complexity index is 1070. The third kappa shape index (κ3) is 5.62. The number of thioether (sulfide) groups is 1. The van der Waals surface area contributed by atoms with Crippen molar-refractivity contribution in [1.29, 1.82) is 0 Å². The van der Waals surface area contributed by atoms with Gasteiger partial charge in [0.05, 0.1) is 22.8 Å². The Morgan fingerprint density at radius 2 is 2.03 bits per heavy atom. The second-order valence-electron chi connectivity index (χ2n) is 8.33. The molecule has 30 heavy (non-hydrogen) atoms. The maximum atomic E-state index is 13.1. The van der Waals surface area contributed by atoms with Gasteiger partial charge in [0.25, 0.3) is 5.56 Å². The van der Waals surface area contributed by atoms with Crippen LogP contribution in [0.2, 0.25) is 5.02 Å². The zero-order chi connectivity index (χ0) is 21.9. The van der Waals surface area contributed by atoms with Crippen molar-refractivity contribution < 1.29 is 9.15 Å². The van der Waals surface area contributed by atoms with E-state index in [0.29, 0.717) is 58.2 Å². The fourth-order valence-electron chi connectivity index (χ4n) is 2.76. The minimum atomic E-state index is -0.216. The van der Waals surface area contributed by atoms with Crippen LogP contribution in [0.3, 0.4) is 0 Å². The van der Waals surface area contributed by atoms with Gasteiger partial charge < -0.3 is 9.15 Å². The number of hydrogen-bond donors (Lipinski definition) is 0. The van der Waals surface area contributed by atoms with Gasteiger partial charge in [0.15, 0.2) is 5.16 Å². The van der Waals surface area contributed by atoms with E-state index in [4.69, 9.17) is 25.7 Å². The van der Waals surface area contributed by atoms with E-state index in [1.807, 2.05) is 34.6 Å². The molecular weight excluding hydrogens is 424 g/mol. The molecule has 3 aromatic rings. The summed E-state index contributed by atoms with van der Waals surface area (Å²) in [5, 5.41) is 9.93. The number of halogens is 1. The smallest absolute Gasteiger partial charge is 0.262 e. The van der Waals surface area contributed by atoms with E-state index in [-0.39, 0.29) is 17.1 Å². The van der Waals surface area contributed by atoms with E-state index < -0.39 is 0 Å². The second-order valence-corrected chi connectivity index (χ2v) is 9.70. The quantitative estimate of drug-likeness (QED) is 0.276. The summed E-state index contributed by atoms with van der Waals surface area (Å²) >= 11 is 7.50. The standard InChI is InChI=1S/C21H27ClN4O3S/c1-13(2)28-10-6-9-26-18(27)15-8-7-14(22)11-16(15)23-20(26)30-12-17-24-25-19(29-17)21(3,4)5/h7-8,11,13H,6,9-10,12H2,1-5H3. The molecule has 0 radical (unpaired) electrons. The van der Waals surface area contributed by atoms with E-state index in [9.17, 15) is 4.79 Å². The number of rotatable bonds is 8. The highest BCUT2D eigenvalue weighted by molar-refractivity contribution is 7.98. The number of benzene rings is 1. The lowest BCUT2D eigenvalue weighted by atomic mass is 9.97. The number of ether oxygens (including phenoxy) is 1. The first-order chi connectivity index (χ1) is 14.1. The lowest BCUT2D eigenvalue weighted by Gasteiger charge is -2.14. The van der Waals surface area contributed by atoms with Crippen molar-refractivity contribution in [2.45, 2.75) is 70.0 Å². The van der Waals surface area contributed by atoms with Gasteiger partial charge in [-0.05, 0) is 38.5 Å². The Morgan fingerprint density at radius 1 is 1.27 bits per heavy atom. The van der Waals surface area contributed by atoms with E-state index in [2.05, 4.69) is 10.2 Å². The summed E-state index contributed by atoms with van der Waals surface area (Å²) in [6.07, 6.45) is 0.864. The lowest BCUT2D eigenvalue weighted by Crippen LogP contribution is -2.24. The van der Waals surface area contributed by atoms with Gasteiger partial charge in [0, 0.05) is 23.6 Å². The Morgan fingerprint density at radius 3 is 2.70 bits per heavy atom. The van der Waals surface area contributed by atoms with E-state index in [0.717, 1.165) is 0 Å². The molecule has 3 rings (SSSR count). The minimum Gasteiger partial charge on any atom is -0.424 e. The van der Waals surface area contributed by atoms with Crippen LogP contribution in [0.15, 0.2) is 32.6 Å². The van der Waals surface area contributed by atoms with Crippen LogP contribution in [0.5, 0.6) is 0 Å². The van der Waals surface area contributed by atoms with Gasteiger partial charge in [-0.25, -0.2) is 4.98 Å². The predicted molar refractivity (Wildman–Crippen MR) is 119 cm³/mol. The summed E-state index contributed by atoms with van der Waals surface area (Å²) in [5.41, 5.74) is 0.266. The molecule has 0 saturated heterocycles. The van der Waals surface area contributed by atoms with Crippen LogP contribution in [0, 0.1) is 0 Å². The fourth-order valence-corrected chi connectivity index (χ4v) is 3.79. The van der Waals surface area contributed by atoms with Gasteiger partial charge in [-0.2, -0.15) is 0 Å². The molecule has 0 atom stereocenters. The molecule has 0 saturated carbocycles.